The molecule has 0 saturated carbocycles. The van der Waals surface area contributed by atoms with E-state index in [-0.39, 0.29) is 11.8 Å². The second kappa shape index (κ2) is 8.90. The van der Waals surface area contributed by atoms with Crippen LogP contribution in [0.2, 0.25) is 0 Å². The second-order valence-corrected chi connectivity index (χ2v) is 9.45. The van der Waals surface area contributed by atoms with Crippen LogP contribution in [-0.4, -0.2) is 64.3 Å². The molecule has 0 atom stereocenters. The molecule has 1 aliphatic heterocycles. The molecule has 1 fully saturated rings. The molecule has 0 unspecified atom stereocenters. The van der Waals surface area contributed by atoms with Gasteiger partial charge < -0.3 is 9.80 Å². The van der Waals surface area contributed by atoms with Crippen molar-refractivity contribution in [1.29, 1.82) is 0 Å². The lowest BCUT2D eigenvalue weighted by atomic mass is 10.2. The Labute approximate surface area is 202 Å². The SMILES string of the molecule is CC(=O)N(C)c1ncc(-c2nc(C(=O)N3CCN(c4ccc(C)cc4)CC3)c3ccccn23)s1. The van der Waals surface area contributed by atoms with Gasteiger partial charge in [-0.1, -0.05) is 35.1 Å². The molecule has 34 heavy (non-hydrogen) atoms. The fourth-order valence-electron chi connectivity index (χ4n) is 4.10. The van der Waals surface area contributed by atoms with Crippen molar-refractivity contribution in [2.75, 3.05) is 43.0 Å². The predicted molar refractivity (Wildman–Crippen MR) is 135 cm³/mol. The van der Waals surface area contributed by atoms with E-state index in [1.807, 2.05) is 33.7 Å². The van der Waals surface area contributed by atoms with E-state index in [0.29, 0.717) is 29.7 Å². The summed E-state index contributed by atoms with van der Waals surface area (Å²) in [4.78, 5) is 40.9. The van der Waals surface area contributed by atoms with Gasteiger partial charge in [-0.3, -0.25) is 18.9 Å². The average molecular weight is 475 g/mol. The minimum Gasteiger partial charge on any atom is -0.368 e. The Morgan fingerprint density at radius 1 is 1.03 bits per heavy atom. The van der Waals surface area contributed by atoms with Crippen molar-refractivity contribution in [1.82, 2.24) is 19.3 Å². The van der Waals surface area contributed by atoms with Crippen LogP contribution in [-0.2, 0) is 4.79 Å². The van der Waals surface area contributed by atoms with Crippen LogP contribution in [0.15, 0.2) is 54.9 Å². The van der Waals surface area contributed by atoms with Crippen LogP contribution in [0.3, 0.4) is 0 Å². The van der Waals surface area contributed by atoms with E-state index in [1.54, 1.807) is 13.2 Å². The highest BCUT2D eigenvalue weighted by molar-refractivity contribution is 7.19. The van der Waals surface area contributed by atoms with Crippen molar-refractivity contribution in [3.63, 3.8) is 0 Å². The van der Waals surface area contributed by atoms with E-state index < -0.39 is 0 Å². The Hall–Kier alpha value is -3.72. The molecular weight excluding hydrogens is 448 g/mol. The molecule has 0 N–H and O–H groups in total. The van der Waals surface area contributed by atoms with Gasteiger partial charge in [0.2, 0.25) is 5.91 Å². The van der Waals surface area contributed by atoms with Crippen molar-refractivity contribution >= 4 is 39.5 Å². The van der Waals surface area contributed by atoms with Crippen LogP contribution in [0.4, 0.5) is 10.8 Å². The Morgan fingerprint density at radius 3 is 2.47 bits per heavy atom. The van der Waals surface area contributed by atoms with Gasteiger partial charge in [-0.15, -0.1) is 0 Å². The summed E-state index contributed by atoms with van der Waals surface area (Å²) in [5, 5.41) is 0.593. The molecule has 0 radical (unpaired) electrons. The summed E-state index contributed by atoms with van der Waals surface area (Å²) in [5.41, 5.74) is 3.62. The number of carbonyl (C=O) groups is 2. The highest BCUT2D eigenvalue weighted by atomic mass is 32.1. The number of rotatable bonds is 4. The first-order chi connectivity index (χ1) is 16.4. The van der Waals surface area contributed by atoms with Gasteiger partial charge in [-0.2, -0.15) is 0 Å². The normalized spacial score (nSPS) is 14.0. The van der Waals surface area contributed by atoms with Gasteiger partial charge in [0.1, 0.15) is 0 Å². The number of aryl methyl sites for hydroxylation is 1. The largest absolute Gasteiger partial charge is 0.368 e. The summed E-state index contributed by atoms with van der Waals surface area (Å²) >= 11 is 1.38. The number of hydrogen-bond acceptors (Lipinski definition) is 6. The Balaban J connectivity index is 1.40. The summed E-state index contributed by atoms with van der Waals surface area (Å²) in [6.07, 6.45) is 3.60. The number of piperazine rings is 1. The summed E-state index contributed by atoms with van der Waals surface area (Å²) in [7, 11) is 1.69. The van der Waals surface area contributed by atoms with E-state index in [0.717, 1.165) is 23.5 Å². The number of carbonyl (C=O) groups excluding carboxylic acids is 2. The van der Waals surface area contributed by atoms with Crippen molar-refractivity contribution in [3.05, 3.63) is 66.1 Å². The molecule has 0 aliphatic carbocycles. The standard InChI is InChI=1S/C25H26N6O2S/c1-17-7-9-19(10-8-17)29-12-14-30(15-13-29)24(33)22-20-6-4-5-11-31(20)23(27-22)21-16-26-25(34-21)28(3)18(2)32/h4-11,16H,12-15H2,1-3H3. The molecule has 0 bridgehead atoms. The zero-order valence-corrected chi connectivity index (χ0v) is 20.2. The van der Waals surface area contributed by atoms with E-state index in [4.69, 9.17) is 4.98 Å². The van der Waals surface area contributed by atoms with E-state index in [1.165, 1.54) is 34.4 Å². The van der Waals surface area contributed by atoms with Crippen molar-refractivity contribution < 1.29 is 9.59 Å². The van der Waals surface area contributed by atoms with Crippen LogP contribution in [0, 0.1) is 6.92 Å². The lowest BCUT2D eigenvalue weighted by Crippen LogP contribution is -2.48. The summed E-state index contributed by atoms with van der Waals surface area (Å²) in [5.74, 6) is 0.497. The smallest absolute Gasteiger partial charge is 0.274 e. The number of thiazole rings is 1. The van der Waals surface area contributed by atoms with Crippen LogP contribution in [0.5, 0.6) is 0 Å². The number of nitrogens with zero attached hydrogens (tertiary/aromatic N) is 6. The molecule has 1 aromatic carbocycles. The highest BCUT2D eigenvalue weighted by Gasteiger charge is 2.27. The molecule has 1 aliphatic rings. The number of anilines is 2. The fourth-order valence-corrected chi connectivity index (χ4v) is 5.01. The third-order valence-corrected chi connectivity index (χ3v) is 7.26. The van der Waals surface area contributed by atoms with Gasteiger partial charge in [-0.25, -0.2) is 9.97 Å². The topological polar surface area (TPSA) is 74.0 Å². The van der Waals surface area contributed by atoms with Gasteiger partial charge in [0.25, 0.3) is 5.91 Å². The van der Waals surface area contributed by atoms with Crippen molar-refractivity contribution in [3.8, 4) is 10.7 Å². The first-order valence-electron chi connectivity index (χ1n) is 11.2. The molecule has 8 nitrogen and oxygen atoms in total. The number of aromatic nitrogens is 3. The first-order valence-corrected chi connectivity index (χ1v) is 12.0. The van der Waals surface area contributed by atoms with Crippen LogP contribution in [0.1, 0.15) is 23.0 Å². The number of imidazole rings is 1. The Bertz CT molecular complexity index is 1350. The molecule has 9 heteroatoms. The molecule has 1 saturated heterocycles. The monoisotopic (exact) mass is 474 g/mol. The van der Waals surface area contributed by atoms with E-state index in [2.05, 4.69) is 41.1 Å². The maximum absolute atomic E-state index is 13.5. The lowest BCUT2D eigenvalue weighted by Gasteiger charge is -2.36. The molecule has 2 amide bonds. The van der Waals surface area contributed by atoms with Crippen molar-refractivity contribution in [2.45, 2.75) is 13.8 Å². The fraction of sp³-hybridized carbons (Fsp3) is 0.280. The average Bonchev–Trinajstić information content (AvgIpc) is 3.49. The second-order valence-electron chi connectivity index (χ2n) is 8.44. The molecule has 4 aromatic rings. The zero-order valence-electron chi connectivity index (χ0n) is 19.4. The van der Waals surface area contributed by atoms with Crippen LogP contribution < -0.4 is 9.80 Å². The lowest BCUT2D eigenvalue weighted by molar-refractivity contribution is -0.116. The number of amides is 2. The molecule has 3 aromatic heterocycles. The zero-order chi connectivity index (χ0) is 23.8. The Morgan fingerprint density at radius 2 is 1.76 bits per heavy atom. The van der Waals surface area contributed by atoms with Gasteiger partial charge in [0, 0.05) is 52.0 Å². The molecule has 174 valence electrons. The number of fused-ring (bicyclic) bond motifs is 1. The summed E-state index contributed by atoms with van der Waals surface area (Å²) in [6.45, 7) is 6.43. The summed E-state index contributed by atoms with van der Waals surface area (Å²) < 4.78 is 1.92. The van der Waals surface area contributed by atoms with Gasteiger partial charge in [-0.05, 0) is 31.2 Å². The van der Waals surface area contributed by atoms with Crippen molar-refractivity contribution in [2.24, 2.45) is 0 Å². The highest BCUT2D eigenvalue weighted by Crippen LogP contribution is 2.32. The molecule has 5 rings (SSSR count). The predicted octanol–water partition coefficient (Wildman–Crippen LogP) is 3.71. The molecular formula is C25H26N6O2S. The van der Waals surface area contributed by atoms with E-state index in [9.17, 15) is 9.59 Å². The minimum atomic E-state index is -0.0884. The minimum absolute atomic E-state index is 0.0656. The Kier molecular flexibility index (Phi) is 5.79. The molecule has 0 spiro atoms. The van der Waals surface area contributed by atoms with Crippen LogP contribution >= 0.6 is 11.3 Å². The van der Waals surface area contributed by atoms with Gasteiger partial charge >= 0.3 is 0 Å². The van der Waals surface area contributed by atoms with Crippen LogP contribution in [0.25, 0.3) is 16.2 Å². The van der Waals surface area contributed by atoms with Gasteiger partial charge in [0.05, 0.1) is 16.6 Å². The maximum atomic E-state index is 13.5. The van der Waals surface area contributed by atoms with E-state index >= 15 is 0 Å². The third kappa shape index (κ3) is 4.03. The quantitative estimate of drug-likeness (QED) is 0.451. The van der Waals surface area contributed by atoms with Gasteiger partial charge in [0.15, 0.2) is 16.6 Å². The first kappa shape index (κ1) is 22.1. The maximum Gasteiger partial charge on any atom is 0.274 e. The summed E-state index contributed by atoms with van der Waals surface area (Å²) in [6, 6.07) is 14.2. The molecule has 4 heterocycles. The number of benzene rings is 1. The number of pyridine rings is 1. The number of hydrogen-bond donors (Lipinski definition) is 0. The third-order valence-electron chi connectivity index (χ3n) is 6.19.